The van der Waals surface area contributed by atoms with Crippen molar-refractivity contribution in [2.24, 2.45) is 11.8 Å². The van der Waals surface area contributed by atoms with E-state index < -0.39 is 5.97 Å². The van der Waals surface area contributed by atoms with Gasteiger partial charge in [-0.15, -0.1) is 0 Å². The summed E-state index contributed by atoms with van der Waals surface area (Å²) < 4.78 is 0. The Balaban J connectivity index is 2.09. The van der Waals surface area contributed by atoms with Crippen LogP contribution in [0.4, 0.5) is 0 Å². The molecule has 1 aromatic rings. The van der Waals surface area contributed by atoms with Crippen molar-refractivity contribution in [1.29, 1.82) is 0 Å². The maximum absolute atomic E-state index is 11.2. The lowest BCUT2D eigenvalue weighted by Crippen LogP contribution is -2.42. The molecule has 3 nitrogen and oxygen atoms in total. The third kappa shape index (κ3) is 3.35. The third-order valence-corrected chi connectivity index (χ3v) is 4.20. The summed E-state index contributed by atoms with van der Waals surface area (Å²) in [5.74, 6) is -0.411. The maximum atomic E-state index is 11.2. The highest BCUT2D eigenvalue weighted by Crippen LogP contribution is 2.24. The Bertz CT molecular complexity index is 470. The summed E-state index contributed by atoms with van der Waals surface area (Å²) in [6.45, 7) is 8.95. The Hall–Kier alpha value is -1.35. The van der Waals surface area contributed by atoms with Crippen LogP contribution in [0.3, 0.4) is 0 Å². The van der Waals surface area contributed by atoms with E-state index in [9.17, 15) is 9.90 Å². The van der Waals surface area contributed by atoms with Gasteiger partial charge in [0, 0.05) is 19.6 Å². The molecule has 3 heteroatoms. The second kappa shape index (κ2) is 5.74. The Morgan fingerprint density at radius 1 is 1.37 bits per heavy atom. The van der Waals surface area contributed by atoms with E-state index >= 15 is 0 Å². The summed E-state index contributed by atoms with van der Waals surface area (Å²) in [7, 11) is 0. The van der Waals surface area contributed by atoms with E-state index in [0.29, 0.717) is 12.5 Å². The van der Waals surface area contributed by atoms with Gasteiger partial charge in [-0.3, -0.25) is 9.69 Å². The van der Waals surface area contributed by atoms with Crippen molar-refractivity contribution in [2.45, 2.75) is 33.7 Å². The molecule has 1 aromatic carbocycles. The molecule has 1 saturated heterocycles. The minimum absolute atomic E-state index is 0.214. The number of carboxylic acids is 1. The van der Waals surface area contributed by atoms with Crippen LogP contribution in [0.1, 0.15) is 30.0 Å². The lowest BCUT2D eigenvalue weighted by Gasteiger charge is -2.35. The van der Waals surface area contributed by atoms with Gasteiger partial charge in [-0.05, 0) is 42.9 Å². The summed E-state index contributed by atoms with van der Waals surface area (Å²) in [5, 5.41) is 9.21. The molecular formula is C16H23NO2. The molecule has 1 heterocycles. The molecule has 2 atom stereocenters. The Morgan fingerprint density at radius 2 is 2.11 bits per heavy atom. The van der Waals surface area contributed by atoms with Crippen LogP contribution in [0.2, 0.25) is 0 Å². The summed E-state index contributed by atoms with van der Waals surface area (Å²) in [6, 6.07) is 6.36. The quantitative estimate of drug-likeness (QED) is 0.909. The van der Waals surface area contributed by atoms with Crippen LogP contribution in [0, 0.1) is 25.7 Å². The molecule has 0 aromatic heterocycles. The van der Waals surface area contributed by atoms with Gasteiger partial charge in [-0.1, -0.05) is 25.1 Å². The predicted octanol–water partition coefficient (Wildman–Crippen LogP) is 2.85. The zero-order valence-electron chi connectivity index (χ0n) is 12.0. The largest absolute Gasteiger partial charge is 0.481 e. The van der Waals surface area contributed by atoms with E-state index in [4.69, 9.17) is 0 Å². The van der Waals surface area contributed by atoms with Crippen LogP contribution in [-0.4, -0.2) is 29.1 Å². The van der Waals surface area contributed by atoms with Gasteiger partial charge in [0.05, 0.1) is 5.92 Å². The van der Waals surface area contributed by atoms with E-state index in [2.05, 4.69) is 43.9 Å². The highest BCUT2D eigenvalue weighted by molar-refractivity contribution is 5.70. The molecule has 0 saturated carbocycles. The van der Waals surface area contributed by atoms with Crippen molar-refractivity contribution in [3.8, 4) is 0 Å². The van der Waals surface area contributed by atoms with Crippen molar-refractivity contribution in [1.82, 2.24) is 4.90 Å². The standard InChI is InChI=1S/C16H23NO2/c1-11-7-15(16(18)19)10-17(8-11)9-14-6-4-5-12(2)13(14)3/h4-6,11,15H,7-10H2,1-3H3,(H,18,19). The predicted molar refractivity (Wildman–Crippen MR) is 76.1 cm³/mol. The first-order valence-electron chi connectivity index (χ1n) is 6.97. The average molecular weight is 261 g/mol. The Labute approximate surface area is 115 Å². The number of carboxylic acid groups (broad SMARTS) is 1. The highest BCUT2D eigenvalue weighted by Gasteiger charge is 2.29. The highest BCUT2D eigenvalue weighted by atomic mass is 16.4. The number of rotatable bonds is 3. The fraction of sp³-hybridized carbons (Fsp3) is 0.562. The van der Waals surface area contributed by atoms with E-state index in [1.807, 2.05) is 0 Å². The minimum atomic E-state index is -0.655. The van der Waals surface area contributed by atoms with Gasteiger partial charge < -0.3 is 5.11 Å². The lowest BCUT2D eigenvalue weighted by atomic mass is 9.90. The molecule has 0 spiro atoms. The van der Waals surface area contributed by atoms with E-state index in [-0.39, 0.29) is 5.92 Å². The molecule has 0 bridgehead atoms. The molecule has 1 fully saturated rings. The first-order chi connectivity index (χ1) is 8.97. The normalized spacial score (nSPS) is 24.4. The second-order valence-corrected chi connectivity index (χ2v) is 5.93. The minimum Gasteiger partial charge on any atom is -0.481 e. The monoisotopic (exact) mass is 261 g/mol. The zero-order valence-corrected chi connectivity index (χ0v) is 12.0. The second-order valence-electron chi connectivity index (χ2n) is 5.93. The number of aryl methyl sites for hydroxylation is 1. The number of benzene rings is 1. The lowest BCUT2D eigenvalue weighted by molar-refractivity contribution is -0.144. The molecule has 0 radical (unpaired) electrons. The summed E-state index contributed by atoms with van der Waals surface area (Å²) in [4.78, 5) is 13.5. The Morgan fingerprint density at radius 3 is 2.79 bits per heavy atom. The number of likely N-dealkylation sites (tertiary alicyclic amines) is 1. The van der Waals surface area contributed by atoms with E-state index in [1.54, 1.807) is 0 Å². The van der Waals surface area contributed by atoms with Crippen LogP contribution < -0.4 is 0 Å². The smallest absolute Gasteiger partial charge is 0.307 e. The molecule has 1 aliphatic heterocycles. The summed E-state index contributed by atoms with van der Waals surface area (Å²) in [6.07, 6.45) is 0.804. The molecular weight excluding hydrogens is 238 g/mol. The van der Waals surface area contributed by atoms with Gasteiger partial charge in [-0.25, -0.2) is 0 Å². The van der Waals surface area contributed by atoms with Gasteiger partial charge in [0.2, 0.25) is 0 Å². The maximum Gasteiger partial charge on any atom is 0.307 e. The van der Waals surface area contributed by atoms with Gasteiger partial charge in [-0.2, -0.15) is 0 Å². The number of hydrogen-bond donors (Lipinski definition) is 1. The number of hydrogen-bond acceptors (Lipinski definition) is 2. The van der Waals surface area contributed by atoms with Gasteiger partial charge in [0.1, 0.15) is 0 Å². The van der Waals surface area contributed by atoms with Crippen molar-refractivity contribution in [3.63, 3.8) is 0 Å². The number of aliphatic carboxylic acids is 1. The zero-order chi connectivity index (χ0) is 14.0. The van der Waals surface area contributed by atoms with Crippen molar-refractivity contribution < 1.29 is 9.90 Å². The molecule has 19 heavy (non-hydrogen) atoms. The molecule has 1 aliphatic rings. The molecule has 2 unspecified atom stereocenters. The van der Waals surface area contributed by atoms with Crippen LogP contribution in [0.25, 0.3) is 0 Å². The average Bonchev–Trinajstić information content (AvgIpc) is 2.34. The SMILES string of the molecule is Cc1cccc(CN2CC(C)CC(C(=O)O)C2)c1C. The molecule has 104 valence electrons. The van der Waals surface area contributed by atoms with E-state index in [1.165, 1.54) is 16.7 Å². The fourth-order valence-corrected chi connectivity index (χ4v) is 2.99. The van der Waals surface area contributed by atoms with E-state index in [0.717, 1.165) is 19.5 Å². The van der Waals surface area contributed by atoms with Crippen LogP contribution in [0.5, 0.6) is 0 Å². The van der Waals surface area contributed by atoms with Gasteiger partial charge >= 0.3 is 5.97 Å². The fourth-order valence-electron chi connectivity index (χ4n) is 2.99. The third-order valence-electron chi connectivity index (χ3n) is 4.20. The van der Waals surface area contributed by atoms with Gasteiger partial charge in [0.25, 0.3) is 0 Å². The molecule has 0 aliphatic carbocycles. The molecule has 1 N–H and O–H groups in total. The summed E-state index contributed by atoms with van der Waals surface area (Å²) >= 11 is 0. The van der Waals surface area contributed by atoms with Crippen LogP contribution in [0.15, 0.2) is 18.2 Å². The van der Waals surface area contributed by atoms with Gasteiger partial charge in [0.15, 0.2) is 0 Å². The summed E-state index contributed by atoms with van der Waals surface area (Å²) in [5.41, 5.74) is 3.95. The topological polar surface area (TPSA) is 40.5 Å². The number of carbonyl (C=O) groups is 1. The Kier molecular flexibility index (Phi) is 4.25. The van der Waals surface area contributed by atoms with Crippen LogP contribution >= 0.6 is 0 Å². The van der Waals surface area contributed by atoms with Crippen molar-refractivity contribution in [2.75, 3.05) is 13.1 Å². The molecule has 0 amide bonds. The first kappa shape index (κ1) is 14.1. The number of nitrogens with zero attached hydrogens (tertiary/aromatic N) is 1. The van der Waals surface area contributed by atoms with Crippen molar-refractivity contribution in [3.05, 3.63) is 34.9 Å². The first-order valence-corrected chi connectivity index (χ1v) is 6.97. The van der Waals surface area contributed by atoms with Crippen molar-refractivity contribution >= 4 is 5.97 Å². The molecule has 2 rings (SSSR count). The number of piperidine rings is 1. The van der Waals surface area contributed by atoms with Crippen LogP contribution in [-0.2, 0) is 11.3 Å².